The van der Waals surface area contributed by atoms with Gasteiger partial charge in [0.15, 0.2) is 0 Å². The van der Waals surface area contributed by atoms with Crippen LogP contribution in [-0.4, -0.2) is 27.4 Å². The Morgan fingerprint density at radius 2 is 2.29 bits per heavy atom. The fraction of sp³-hybridized carbons (Fsp3) is 0.222. The molecule has 2 heterocycles. The smallest absolute Gasteiger partial charge is 0.315 e. The van der Waals surface area contributed by atoms with E-state index in [-0.39, 0.29) is 0 Å². The fourth-order valence-electron chi connectivity index (χ4n) is 1.36. The van der Waals surface area contributed by atoms with Gasteiger partial charge in [0.1, 0.15) is 12.0 Å². The summed E-state index contributed by atoms with van der Waals surface area (Å²) in [6.45, 7) is 0. The number of hydrogen-bond donors (Lipinski definition) is 2. The minimum Gasteiger partial charge on any atom is -0.481 e. The van der Waals surface area contributed by atoms with E-state index in [1.165, 1.54) is 12.4 Å². The van der Waals surface area contributed by atoms with Gasteiger partial charge < -0.3 is 10.2 Å². The molecular formula is C9H8N2O3. The molecule has 0 unspecified atom stereocenters. The van der Waals surface area contributed by atoms with Crippen LogP contribution in [0, 0.1) is 5.92 Å². The van der Waals surface area contributed by atoms with E-state index < -0.39 is 18.0 Å². The Kier molecular flexibility index (Phi) is 2.01. The summed E-state index contributed by atoms with van der Waals surface area (Å²) in [5.74, 6) is -2.10. The molecule has 1 aliphatic rings. The number of aliphatic imine (C=N–C) groups is 1. The van der Waals surface area contributed by atoms with Gasteiger partial charge >= 0.3 is 5.97 Å². The van der Waals surface area contributed by atoms with Crippen LogP contribution in [0.25, 0.3) is 0 Å². The van der Waals surface area contributed by atoms with Gasteiger partial charge in [0, 0.05) is 12.4 Å². The number of nitrogens with zero attached hydrogens (tertiary/aromatic N) is 2. The Morgan fingerprint density at radius 3 is 3.00 bits per heavy atom. The van der Waals surface area contributed by atoms with Crippen molar-refractivity contribution >= 4 is 17.9 Å². The van der Waals surface area contributed by atoms with Crippen molar-refractivity contribution in [2.75, 3.05) is 0 Å². The van der Waals surface area contributed by atoms with Crippen molar-refractivity contribution in [1.82, 2.24) is 4.98 Å². The highest BCUT2D eigenvalue weighted by Crippen LogP contribution is 2.31. The maximum absolute atomic E-state index is 10.7. The zero-order chi connectivity index (χ0) is 10.1. The summed E-state index contributed by atoms with van der Waals surface area (Å²) >= 11 is 0. The average molecular weight is 192 g/mol. The molecule has 0 radical (unpaired) electrons. The maximum atomic E-state index is 10.7. The molecule has 0 amide bonds. The van der Waals surface area contributed by atoms with E-state index in [0.717, 1.165) is 0 Å². The van der Waals surface area contributed by atoms with Gasteiger partial charge in [-0.1, -0.05) is 0 Å². The molecule has 0 aliphatic carbocycles. The molecule has 0 fully saturated rings. The van der Waals surface area contributed by atoms with Crippen molar-refractivity contribution in [3.05, 3.63) is 24.0 Å². The zero-order valence-corrected chi connectivity index (χ0v) is 7.16. The summed E-state index contributed by atoms with van der Waals surface area (Å²) in [5, 5.41) is 18.4. The Hall–Kier alpha value is -1.75. The van der Waals surface area contributed by atoms with Crippen LogP contribution >= 0.6 is 0 Å². The highest BCUT2D eigenvalue weighted by Gasteiger charge is 2.31. The second-order valence-electron chi connectivity index (χ2n) is 2.99. The maximum Gasteiger partial charge on any atom is 0.315 e. The molecule has 2 N–H and O–H groups in total. The molecule has 2 atom stereocenters. The SMILES string of the molecule is O=C(O)[C@H]1C=Nc2cccnc2[C@H]1O. The molecule has 14 heavy (non-hydrogen) atoms. The van der Waals surface area contributed by atoms with Crippen LogP contribution in [0.15, 0.2) is 23.3 Å². The molecule has 0 aromatic carbocycles. The third-order valence-corrected chi connectivity index (χ3v) is 2.10. The van der Waals surface area contributed by atoms with Crippen LogP contribution in [0.2, 0.25) is 0 Å². The van der Waals surface area contributed by atoms with Gasteiger partial charge in [-0.3, -0.25) is 14.8 Å². The van der Waals surface area contributed by atoms with Crippen LogP contribution in [0.1, 0.15) is 11.8 Å². The van der Waals surface area contributed by atoms with Crippen LogP contribution < -0.4 is 0 Å². The quantitative estimate of drug-likeness (QED) is 0.679. The fourth-order valence-corrected chi connectivity index (χ4v) is 1.36. The van der Waals surface area contributed by atoms with Gasteiger partial charge in [0.05, 0.1) is 11.4 Å². The Bertz CT molecular complexity index is 403. The summed E-state index contributed by atoms with van der Waals surface area (Å²) < 4.78 is 0. The first-order valence-corrected chi connectivity index (χ1v) is 4.10. The van der Waals surface area contributed by atoms with Crippen molar-refractivity contribution in [2.45, 2.75) is 6.10 Å². The number of aliphatic hydroxyl groups excluding tert-OH is 1. The number of carboxylic acid groups (broad SMARTS) is 1. The highest BCUT2D eigenvalue weighted by molar-refractivity contribution is 5.92. The number of carboxylic acids is 1. The second kappa shape index (κ2) is 3.19. The molecule has 0 spiro atoms. The average Bonchev–Trinajstić information content (AvgIpc) is 2.18. The monoisotopic (exact) mass is 192 g/mol. The van der Waals surface area contributed by atoms with Gasteiger partial charge in [0.2, 0.25) is 0 Å². The van der Waals surface area contributed by atoms with Crippen molar-refractivity contribution in [2.24, 2.45) is 10.9 Å². The van der Waals surface area contributed by atoms with Crippen molar-refractivity contribution < 1.29 is 15.0 Å². The third kappa shape index (κ3) is 1.27. The van der Waals surface area contributed by atoms with E-state index in [1.54, 1.807) is 12.1 Å². The molecule has 1 aromatic heterocycles. The van der Waals surface area contributed by atoms with Crippen LogP contribution in [0.3, 0.4) is 0 Å². The number of pyridine rings is 1. The number of aromatic nitrogens is 1. The van der Waals surface area contributed by atoms with E-state index in [4.69, 9.17) is 5.11 Å². The zero-order valence-electron chi connectivity index (χ0n) is 7.16. The van der Waals surface area contributed by atoms with E-state index >= 15 is 0 Å². The molecule has 0 saturated carbocycles. The van der Waals surface area contributed by atoms with Crippen LogP contribution in [0.5, 0.6) is 0 Å². The summed E-state index contributed by atoms with van der Waals surface area (Å²) in [4.78, 5) is 18.5. The van der Waals surface area contributed by atoms with E-state index in [2.05, 4.69) is 9.98 Å². The molecule has 1 aromatic rings. The molecule has 2 rings (SSSR count). The van der Waals surface area contributed by atoms with Crippen molar-refractivity contribution in [3.63, 3.8) is 0 Å². The van der Waals surface area contributed by atoms with Crippen molar-refractivity contribution in [1.29, 1.82) is 0 Å². The summed E-state index contributed by atoms with van der Waals surface area (Å²) in [5.41, 5.74) is 0.847. The minimum atomic E-state index is -1.11. The lowest BCUT2D eigenvalue weighted by Crippen LogP contribution is -2.26. The predicted octanol–water partition coefficient (Wildman–Crippen LogP) is 0.532. The first kappa shape index (κ1) is 8.83. The van der Waals surface area contributed by atoms with Gasteiger partial charge in [-0.05, 0) is 12.1 Å². The molecule has 72 valence electrons. The third-order valence-electron chi connectivity index (χ3n) is 2.10. The van der Waals surface area contributed by atoms with E-state index in [0.29, 0.717) is 11.4 Å². The minimum absolute atomic E-state index is 0.322. The molecule has 5 nitrogen and oxygen atoms in total. The first-order chi connectivity index (χ1) is 6.70. The van der Waals surface area contributed by atoms with Crippen LogP contribution in [0.4, 0.5) is 5.69 Å². The van der Waals surface area contributed by atoms with Gasteiger partial charge in [-0.25, -0.2) is 0 Å². The number of fused-ring (bicyclic) bond motifs is 1. The van der Waals surface area contributed by atoms with E-state index in [1.807, 2.05) is 0 Å². The van der Waals surface area contributed by atoms with Gasteiger partial charge in [-0.15, -0.1) is 0 Å². The standard InChI is InChI=1S/C9H8N2O3/c12-8-5(9(13)14)4-11-6-2-1-3-10-7(6)8/h1-5,8,12H,(H,13,14)/t5-,8-/m0/s1. The molecule has 1 aliphatic heterocycles. The lowest BCUT2D eigenvalue weighted by Gasteiger charge is -2.20. The van der Waals surface area contributed by atoms with Crippen molar-refractivity contribution in [3.8, 4) is 0 Å². The second-order valence-corrected chi connectivity index (χ2v) is 2.99. The van der Waals surface area contributed by atoms with Crippen LogP contribution in [-0.2, 0) is 4.79 Å². The molecule has 5 heteroatoms. The lowest BCUT2D eigenvalue weighted by molar-refractivity contribution is -0.142. The normalized spacial score (nSPS) is 24.4. The largest absolute Gasteiger partial charge is 0.481 e. The molecule has 0 saturated heterocycles. The number of aliphatic hydroxyl groups is 1. The summed E-state index contributed by atoms with van der Waals surface area (Å²) in [7, 11) is 0. The van der Waals surface area contributed by atoms with Gasteiger partial charge in [-0.2, -0.15) is 0 Å². The topological polar surface area (TPSA) is 82.8 Å². The highest BCUT2D eigenvalue weighted by atomic mass is 16.4. The number of aliphatic carboxylic acids is 1. The van der Waals surface area contributed by atoms with E-state index in [9.17, 15) is 9.90 Å². The Morgan fingerprint density at radius 1 is 1.50 bits per heavy atom. The number of carbonyl (C=O) groups is 1. The number of rotatable bonds is 1. The first-order valence-electron chi connectivity index (χ1n) is 4.10. The lowest BCUT2D eigenvalue weighted by atomic mass is 9.97. The number of hydrogen-bond acceptors (Lipinski definition) is 4. The molecular weight excluding hydrogens is 184 g/mol. The molecule has 0 bridgehead atoms. The Labute approximate surface area is 79.8 Å². The summed E-state index contributed by atoms with van der Waals surface area (Å²) in [6.07, 6.45) is 1.62. The summed E-state index contributed by atoms with van der Waals surface area (Å²) in [6, 6.07) is 3.37. The Balaban J connectivity index is 2.44. The predicted molar refractivity (Wildman–Crippen MR) is 48.5 cm³/mol. The van der Waals surface area contributed by atoms with Gasteiger partial charge in [0.25, 0.3) is 0 Å².